The molecule has 12 heteroatoms. The number of hydrogen-bond donors (Lipinski definition) is 3. The van der Waals surface area contributed by atoms with Crippen molar-refractivity contribution in [2.45, 2.75) is 32.0 Å². The van der Waals surface area contributed by atoms with Crippen LogP contribution in [0.25, 0.3) is 0 Å². The number of hydrogen-bond acceptors (Lipinski definition) is 7. The van der Waals surface area contributed by atoms with Gasteiger partial charge in [-0.05, 0) is 24.6 Å². The SMILES string of the molecule is CCO[C@@H]1C[C@H](c2nc(C(=O)NCc3ccc(F)cc3)c(O)c(=O)n2C)N(C(=O)C(=O)NC)C1. The number of rotatable bonds is 6. The molecular formula is C22H26FN5O6. The summed E-state index contributed by atoms with van der Waals surface area (Å²) in [4.78, 5) is 55.6. The molecule has 2 atom stereocenters. The predicted molar refractivity (Wildman–Crippen MR) is 117 cm³/mol. The molecule has 0 bridgehead atoms. The lowest BCUT2D eigenvalue weighted by atomic mass is 10.1. The lowest BCUT2D eigenvalue weighted by Crippen LogP contribution is -2.43. The van der Waals surface area contributed by atoms with Crippen molar-refractivity contribution >= 4 is 17.7 Å². The molecule has 0 saturated carbocycles. The highest BCUT2D eigenvalue weighted by Crippen LogP contribution is 2.33. The van der Waals surface area contributed by atoms with Gasteiger partial charge < -0.3 is 25.4 Å². The number of benzene rings is 1. The number of nitrogens with one attached hydrogen (secondary N) is 2. The Bertz CT molecular complexity index is 1150. The standard InChI is InChI=1S/C22H26FN5O6/c1-4-34-14-9-15(28(11-14)22(33)20(31)24-2)18-26-16(17(29)21(32)27(18)3)19(30)25-10-12-5-7-13(23)8-6-12/h5-8,14-15,29H,4,9-11H2,1-3H3,(H,24,31)(H,25,30)/t14-,15-/m1/s1. The van der Waals surface area contributed by atoms with Gasteiger partial charge in [0.15, 0.2) is 5.69 Å². The van der Waals surface area contributed by atoms with Crippen LogP contribution in [0.1, 0.15) is 41.3 Å². The smallest absolute Gasteiger partial charge is 0.312 e. The summed E-state index contributed by atoms with van der Waals surface area (Å²) in [6.07, 6.45) is -0.178. The second-order valence-electron chi connectivity index (χ2n) is 7.71. The highest BCUT2D eigenvalue weighted by atomic mass is 19.1. The summed E-state index contributed by atoms with van der Waals surface area (Å²) in [6, 6.07) is 4.59. The van der Waals surface area contributed by atoms with Crippen molar-refractivity contribution in [2.75, 3.05) is 20.2 Å². The number of amides is 3. The van der Waals surface area contributed by atoms with Gasteiger partial charge in [0.1, 0.15) is 11.6 Å². The van der Waals surface area contributed by atoms with Crippen molar-refractivity contribution < 1.29 is 28.6 Å². The van der Waals surface area contributed by atoms with E-state index in [1.807, 2.05) is 0 Å². The first kappa shape index (κ1) is 24.8. The van der Waals surface area contributed by atoms with Crippen LogP contribution in [0.4, 0.5) is 4.39 Å². The molecule has 3 rings (SSSR count). The van der Waals surface area contributed by atoms with Crippen molar-refractivity contribution in [3.63, 3.8) is 0 Å². The highest BCUT2D eigenvalue weighted by Gasteiger charge is 2.41. The van der Waals surface area contributed by atoms with E-state index in [0.29, 0.717) is 12.2 Å². The predicted octanol–water partition coefficient (Wildman–Crippen LogP) is -0.0205. The third-order valence-electron chi connectivity index (χ3n) is 5.53. The largest absolute Gasteiger partial charge is 0.501 e. The molecule has 11 nitrogen and oxygen atoms in total. The maximum absolute atomic E-state index is 13.1. The Labute approximate surface area is 194 Å². The van der Waals surface area contributed by atoms with Crippen LogP contribution in [0.15, 0.2) is 29.1 Å². The number of carbonyl (C=O) groups excluding carboxylic acids is 3. The second kappa shape index (κ2) is 10.4. The summed E-state index contributed by atoms with van der Waals surface area (Å²) in [5.41, 5.74) is -0.812. The summed E-state index contributed by atoms with van der Waals surface area (Å²) in [5.74, 6) is -3.77. The molecule has 2 aromatic rings. The number of carbonyl (C=O) groups is 3. The number of aromatic hydroxyl groups is 1. The van der Waals surface area contributed by atoms with Crippen LogP contribution in [-0.2, 0) is 27.9 Å². The van der Waals surface area contributed by atoms with Crippen LogP contribution in [0.5, 0.6) is 5.75 Å². The van der Waals surface area contributed by atoms with Gasteiger partial charge in [-0.2, -0.15) is 0 Å². The first-order chi connectivity index (χ1) is 16.2. The molecule has 0 radical (unpaired) electrons. The molecule has 3 N–H and O–H groups in total. The van der Waals surface area contributed by atoms with Gasteiger partial charge in [-0.1, -0.05) is 12.1 Å². The highest BCUT2D eigenvalue weighted by molar-refractivity contribution is 6.35. The summed E-state index contributed by atoms with van der Waals surface area (Å²) >= 11 is 0. The molecule has 34 heavy (non-hydrogen) atoms. The van der Waals surface area contributed by atoms with E-state index in [1.165, 1.54) is 43.3 Å². The number of nitrogens with zero attached hydrogens (tertiary/aromatic N) is 3. The van der Waals surface area contributed by atoms with Crippen LogP contribution in [-0.4, -0.2) is 63.6 Å². The lowest BCUT2D eigenvalue weighted by molar-refractivity contribution is -0.146. The van der Waals surface area contributed by atoms with Crippen molar-refractivity contribution in [1.82, 2.24) is 25.1 Å². The normalized spacial score (nSPS) is 17.5. The third-order valence-corrected chi connectivity index (χ3v) is 5.53. The van der Waals surface area contributed by atoms with E-state index >= 15 is 0 Å². The average Bonchev–Trinajstić information content (AvgIpc) is 3.25. The zero-order valence-electron chi connectivity index (χ0n) is 19.0. The molecule has 182 valence electrons. The van der Waals surface area contributed by atoms with Gasteiger partial charge >= 0.3 is 11.8 Å². The van der Waals surface area contributed by atoms with Gasteiger partial charge in [0, 0.05) is 40.2 Å². The van der Waals surface area contributed by atoms with Crippen LogP contribution >= 0.6 is 0 Å². The number of likely N-dealkylation sites (N-methyl/N-ethyl adjacent to an activating group) is 1. The fourth-order valence-corrected chi connectivity index (χ4v) is 3.79. The number of likely N-dealkylation sites (tertiary alicyclic amines) is 1. The number of halogens is 1. The quantitative estimate of drug-likeness (QED) is 0.498. The van der Waals surface area contributed by atoms with Crippen molar-refractivity contribution in [2.24, 2.45) is 7.05 Å². The zero-order valence-corrected chi connectivity index (χ0v) is 19.0. The summed E-state index contributed by atoms with van der Waals surface area (Å²) in [5, 5.41) is 15.1. The van der Waals surface area contributed by atoms with Crippen LogP contribution in [0.2, 0.25) is 0 Å². The molecule has 1 saturated heterocycles. The Morgan fingerprint density at radius 1 is 1.26 bits per heavy atom. The van der Waals surface area contributed by atoms with E-state index in [2.05, 4.69) is 15.6 Å². The Balaban J connectivity index is 1.94. The molecule has 3 amide bonds. The molecule has 0 aliphatic carbocycles. The van der Waals surface area contributed by atoms with E-state index in [0.717, 1.165) is 4.57 Å². The van der Waals surface area contributed by atoms with Crippen molar-refractivity contribution in [3.8, 4) is 5.75 Å². The van der Waals surface area contributed by atoms with E-state index in [9.17, 15) is 28.7 Å². The molecule has 1 aliphatic heterocycles. The van der Waals surface area contributed by atoms with Gasteiger partial charge in [-0.15, -0.1) is 0 Å². The van der Waals surface area contributed by atoms with Crippen molar-refractivity contribution in [1.29, 1.82) is 0 Å². The molecule has 2 heterocycles. The summed E-state index contributed by atoms with van der Waals surface area (Å²) < 4.78 is 19.7. The van der Waals surface area contributed by atoms with Gasteiger partial charge in [0.05, 0.1) is 12.1 Å². The summed E-state index contributed by atoms with van der Waals surface area (Å²) in [6.45, 7) is 2.25. The number of aromatic nitrogens is 2. The van der Waals surface area contributed by atoms with Gasteiger partial charge in [0.25, 0.3) is 11.5 Å². The molecule has 1 aromatic carbocycles. The van der Waals surface area contributed by atoms with E-state index in [4.69, 9.17) is 4.74 Å². The zero-order chi connectivity index (χ0) is 25.0. The molecular weight excluding hydrogens is 449 g/mol. The summed E-state index contributed by atoms with van der Waals surface area (Å²) in [7, 11) is 2.67. The Morgan fingerprint density at radius 3 is 2.56 bits per heavy atom. The number of ether oxygens (including phenoxy) is 1. The van der Waals surface area contributed by atoms with Gasteiger partial charge in [-0.25, -0.2) is 9.37 Å². The first-order valence-corrected chi connectivity index (χ1v) is 10.6. The molecule has 0 spiro atoms. The molecule has 0 unspecified atom stereocenters. The average molecular weight is 475 g/mol. The van der Waals surface area contributed by atoms with Gasteiger partial charge in [-0.3, -0.25) is 23.7 Å². The topological polar surface area (TPSA) is 143 Å². The fraction of sp³-hybridized carbons (Fsp3) is 0.409. The van der Waals surface area contributed by atoms with E-state index in [-0.39, 0.29) is 25.3 Å². The van der Waals surface area contributed by atoms with Crippen LogP contribution < -0.4 is 16.2 Å². The Morgan fingerprint density at radius 2 is 1.94 bits per heavy atom. The van der Waals surface area contributed by atoms with Crippen molar-refractivity contribution in [3.05, 3.63) is 57.5 Å². The minimum absolute atomic E-state index is 0.00189. The van der Waals surface area contributed by atoms with E-state index < -0.39 is 52.7 Å². The van der Waals surface area contributed by atoms with E-state index in [1.54, 1.807) is 6.92 Å². The molecule has 1 aliphatic rings. The van der Waals surface area contributed by atoms with Crippen LogP contribution in [0.3, 0.4) is 0 Å². The lowest BCUT2D eigenvalue weighted by Gasteiger charge is -2.25. The fourth-order valence-electron chi connectivity index (χ4n) is 3.79. The third kappa shape index (κ3) is 5.06. The molecule has 1 fully saturated rings. The first-order valence-electron chi connectivity index (χ1n) is 10.6. The maximum Gasteiger partial charge on any atom is 0.312 e. The molecule has 1 aromatic heterocycles. The second-order valence-corrected chi connectivity index (χ2v) is 7.71. The Hall–Kier alpha value is -3.80. The Kier molecular flexibility index (Phi) is 7.61. The van der Waals surface area contributed by atoms with Crippen LogP contribution in [0, 0.1) is 5.82 Å². The minimum Gasteiger partial charge on any atom is -0.501 e. The monoisotopic (exact) mass is 475 g/mol. The van der Waals surface area contributed by atoms with Gasteiger partial charge in [0.2, 0.25) is 5.75 Å². The maximum atomic E-state index is 13.1. The minimum atomic E-state index is -0.885.